The standard InChI is InChI=1S/C28H26N2O2/c1-3-20-7-5-6-8-25(20)24(4-2)28(22-14-15-26-23(17-22)18-29-30-26)21-12-9-19(10-13-21)11-16-27(31)32/h5-18H,3-4H2,1-2H3,(H,29,30)(H,31,32)/b16-11+,28-24+. The van der Waals surface area contributed by atoms with Crippen LogP contribution in [0.3, 0.4) is 0 Å². The van der Waals surface area contributed by atoms with E-state index in [1.54, 1.807) is 6.08 Å². The third-order valence-corrected chi connectivity index (χ3v) is 5.73. The van der Waals surface area contributed by atoms with Crippen LogP contribution in [0.4, 0.5) is 0 Å². The van der Waals surface area contributed by atoms with Crippen molar-refractivity contribution in [2.24, 2.45) is 0 Å². The van der Waals surface area contributed by atoms with Crippen LogP contribution in [0.1, 0.15) is 48.1 Å². The molecular weight excluding hydrogens is 396 g/mol. The summed E-state index contributed by atoms with van der Waals surface area (Å²) in [5.41, 5.74) is 9.17. The van der Waals surface area contributed by atoms with Gasteiger partial charge in [-0.05, 0) is 70.0 Å². The first-order valence-electron chi connectivity index (χ1n) is 10.9. The summed E-state index contributed by atoms with van der Waals surface area (Å²) in [6.07, 6.45) is 6.47. The van der Waals surface area contributed by atoms with Crippen LogP contribution in [0.25, 0.3) is 28.1 Å². The van der Waals surface area contributed by atoms with Gasteiger partial charge in [0, 0.05) is 11.5 Å². The van der Waals surface area contributed by atoms with Crippen molar-refractivity contribution in [1.29, 1.82) is 0 Å². The second-order valence-corrected chi connectivity index (χ2v) is 7.68. The second-order valence-electron chi connectivity index (χ2n) is 7.68. The highest BCUT2D eigenvalue weighted by atomic mass is 16.4. The van der Waals surface area contributed by atoms with Gasteiger partial charge in [-0.3, -0.25) is 5.10 Å². The Hall–Kier alpha value is -3.92. The molecule has 4 heteroatoms. The van der Waals surface area contributed by atoms with Gasteiger partial charge in [0.1, 0.15) is 0 Å². The largest absolute Gasteiger partial charge is 0.478 e. The number of aliphatic carboxylic acids is 1. The number of H-pyrrole nitrogens is 1. The summed E-state index contributed by atoms with van der Waals surface area (Å²) >= 11 is 0. The number of carboxylic acid groups (broad SMARTS) is 1. The van der Waals surface area contributed by atoms with Gasteiger partial charge in [-0.15, -0.1) is 0 Å². The van der Waals surface area contributed by atoms with Crippen LogP contribution in [0, 0.1) is 0 Å². The predicted molar refractivity (Wildman–Crippen MR) is 131 cm³/mol. The number of rotatable bonds is 7. The second kappa shape index (κ2) is 9.48. The van der Waals surface area contributed by atoms with E-state index in [4.69, 9.17) is 5.11 Å². The molecule has 0 fully saturated rings. The fourth-order valence-corrected chi connectivity index (χ4v) is 4.17. The highest BCUT2D eigenvalue weighted by Crippen LogP contribution is 2.37. The normalized spacial score (nSPS) is 12.3. The molecule has 2 N–H and O–H groups in total. The highest BCUT2D eigenvalue weighted by Gasteiger charge is 2.15. The van der Waals surface area contributed by atoms with Crippen molar-refractivity contribution < 1.29 is 9.90 Å². The molecule has 4 nitrogen and oxygen atoms in total. The summed E-state index contributed by atoms with van der Waals surface area (Å²) in [6, 6.07) is 23.0. The molecule has 0 aliphatic rings. The van der Waals surface area contributed by atoms with E-state index in [2.05, 4.69) is 78.6 Å². The number of hydrogen-bond acceptors (Lipinski definition) is 2. The Balaban J connectivity index is 1.94. The van der Waals surface area contributed by atoms with Gasteiger partial charge in [0.25, 0.3) is 0 Å². The monoisotopic (exact) mass is 422 g/mol. The highest BCUT2D eigenvalue weighted by molar-refractivity contribution is 6.01. The molecule has 0 bridgehead atoms. The summed E-state index contributed by atoms with van der Waals surface area (Å²) in [7, 11) is 0. The van der Waals surface area contributed by atoms with E-state index in [1.165, 1.54) is 22.3 Å². The smallest absolute Gasteiger partial charge is 0.328 e. The lowest BCUT2D eigenvalue weighted by molar-refractivity contribution is -0.131. The Kier molecular flexibility index (Phi) is 6.31. The Morgan fingerprint density at radius 1 is 1.00 bits per heavy atom. The number of hydrogen-bond donors (Lipinski definition) is 2. The lowest BCUT2D eigenvalue weighted by Gasteiger charge is -2.19. The van der Waals surface area contributed by atoms with Gasteiger partial charge in [-0.1, -0.05) is 68.4 Å². The van der Waals surface area contributed by atoms with E-state index < -0.39 is 5.97 Å². The molecule has 0 unspecified atom stereocenters. The molecule has 0 aliphatic heterocycles. The Morgan fingerprint density at radius 2 is 1.75 bits per heavy atom. The Morgan fingerprint density at radius 3 is 2.47 bits per heavy atom. The van der Waals surface area contributed by atoms with Gasteiger partial charge in [-0.25, -0.2) is 4.79 Å². The van der Waals surface area contributed by atoms with E-state index in [1.807, 2.05) is 18.3 Å². The SMILES string of the molecule is CC/C(=C(/c1ccc(/C=C/C(=O)O)cc1)c1ccc2[nH]ncc2c1)c1ccccc1CC. The third kappa shape index (κ3) is 4.40. The number of aryl methyl sites for hydroxylation is 1. The maximum absolute atomic E-state index is 10.9. The van der Waals surface area contributed by atoms with E-state index in [-0.39, 0.29) is 0 Å². The maximum atomic E-state index is 10.9. The minimum Gasteiger partial charge on any atom is -0.478 e. The van der Waals surface area contributed by atoms with Crippen molar-refractivity contribution in [2.45, 2.75) is 26.7 Å². The fraction of sp³-hybridized carbons (Fsp3) is 0.143. The van der Waals surface area contributed by atoms with Gasteiger partial charge >= 0.3 is 5.97 Å². The molecule has 4 aromatic rings. The summed E-state index contributed by atoms with van der Waals surface area (Å²) in [5, 5.41) is 17.2. The molecule has 0 saturated carbocycles. The maximum Gasteiger partial charge on any atom is 0.328 e. The van der Waals surface area contributed by atoms with Crippen molar-refractivity contribution in [2.75, 3.05) is 0 Å². The van der Waals surface area contributed by atoms with E-state index in [0.29, 0.717) is 0 Å². The molecule has 4 rings (SSSR count). The van der Waals surface area contributed by atoms with Crippen LogP contribution in [0.5, 0.6) is 0 Å². The molecule has 32 heavy (non-hydrogen) atoms. The van der Waals surface area contributed by atoms with E-state index in [9.17, 15) is 4.79 Å². The summed E-state index contributed by atoms with van der Waals surface area (Å²) in [4.78, 5) is 10.9. The van der Waals surface area contributed by atoms with E-state index >= 15 is 0 Å². The third-order valence-electron chi connectivity index (χ3n) is 5.73. The Bertz CT molecular complexity index is 1310. The molecule has 0 saturated heterocycles. The van der Waals surface area contributed by atoms with Gasteiger partial charge in [0.05, 0.1) is 11.7 Å². The van der Waals surface area contributed by atoms with Crippen LogP contribution in [0.2, 0.25) is 0 Å². The molecule has 0 radical (unpaired) electrons. The van der Waals surface area contributed by atoms with Gasteiger partial charge in [-0.2, -0.15) is 5.10 Å². The summed E-state index contributed by atoms with van der Waals surface area (Å²) in [6.45, 7) is 4.38. The lowest BCUT2D eigenvalue weighted by Crippen LogP contribution is -1.98. The zero-order chi connectivity index (χ0) is 22.5. The zero-order valence-corrected chi connectivity index (χ0v) is 18.3. The number of nitrogens with zero attached hydrogens (tertiary/aromatic N) is 1. The van der Waals surface area contributed by atoms with Crippen molar-refractivity contribution in [3.63, 3.8) is 0 Å². The number of aromatic amines is 1. The quantitative estimate of drug-likeness (QED) is 0.261. The molecule has 1 heterocycles. The van der Waals surface area contributed by atoms with Crippen molar-refractivity contribution in [1.82, 2.24) is 10.2 Å². The molecular formula is C28H26N2O2. The first-order valence-corrected chi connectivity index (χ1v) is 10.9. The van der Waals surface area contributed by atoms with Crippen LogP contribution in [-0.2, 0) is 11.2 Å². The van der Waals surface area contributed by atoms with Crippen LogP contribution in [-0.4, -0.2) is 21.3 Å². The lowest BCUT2D eigenvalue weighted by atomic mass is 9.85. The first-order chi connectivity index (χ1) is 15.6. The van der Waals surface area contributed by atoms with E-state index in [0.717, 1.165) is 46.5 Å². The molecule has 0 amide bonds. The number of benzene rings is 3. The topological polar surface area (TPSA) is 66.0 Å². The van der Waals surface area contributed by atoms with Crippen molar-refractivity contribution >= 4 is 34.1 Å². The zero-order valence-electron chi connectivity index (χ0n) is 18.3. The van der Waals surface area contributed by atoms with Crippen LogP contribution < -0.4 is 0 Å². The number of carboxylic acids is 1. The van der Waals surface area contributed by atoms with Gasteiger partial charge in [0.2, 0.25) is 0 Å². The fourth-order valence-electron chi connectivity index (χ4n) is 4.17. The van der Waals surface area contributed by atoms with Gasteiger partial charge in [0.15, 0.2) is 0 Å². The predicted octanol–water partition coefficient (Wildman–Crippen LogP) is 6.59. The average molecular weight is 423 g/mol. The minimum absolute atomic E-state index is 0.854. The molecule has 0 spiro atoms. The Labute approximate surface area is 187 Å². The number of allylic oxidation sites excluding steroid dienone is 1. The van der Waals surface area contributed by atoms with Crippen molar-refractivity contribution in [3.8, 4) is 0 Å². The average Bonchev–Trinajstić information content (AvgIpc) is 3.29. The molecule has 1 aromatic heterocycles. The number of aromatic nitrogens is 2. The number of fused-ring (bicyclic) bond motifs is 1. The molecule has 3 aromatic carbocycles. The van der Waals surface area contributed by atoms with Crippen LogP contribution in [0.15, 0.2) is 79.0 Å². The molecule has 160 valence electrons. The van der Waals surface area contributed by atoms with Crippen molar-refractivity contribution in [3.05, 3.63) is 107 Å². The summed E-state index contributed by atoms with van der Waals surface area (Å²) in [5.74, 6) is -0.951. The van der Waals surface area contributed by atoms with Gasteiger partial charge < -0.3 is 5.11 Å². The molecule has 0 aliphatic carbocycles. The number of carbonyl (C=O) groups is 1. The molecule has 0 atom stereocenters. The minimum atomic E-state index is -0.951. The summed E-state index contributed by atoms with van der Waals surface area (Å²) < 4.78 is 0. The first kappa shape index (κ1) is 21.3. The number of nitrogens with one attached hydrogen (secondary N) is 1. The van der Waals surface area contributed by atoms with Crippen LogP contribution >= 0.6 is 0 Å².